The van der Waals surface area contributed by atoms with Crippen LogP contribution in [0.1, 0.15) is 12.0 Å². The molecule has 0 saturated carbocycles. The van der Waals surface area contributed by atoms with E-state index in [2.05, 4.69) is 10.6 Å². The van der Waals surface area contributed by atoms with Crippen molar-refractivity contribution >= 4 is 44.7 Å². The number of rotatable bonds is 4. The number of carbonyl (C=O) groups excluding carboxylic acids is 1. The van der Waals surface area contributed by atoms with E-state index in [1.54, 1.807) is 66.7 Å². The van der Waals surface area contributed by atoms with E-state index < -0.39 is 16.1 Å². The van der Waals surface area contributed by atoms with Gasteiger partial charge in [-0.05, 0) is 54.8 Å². The first kappa shape index (κ1) is 20.3. The van der Waals surface area contributed by atoms with Gasteiger partial charge in [-0.25, -0.2) is 13.2 Å². The lowest BCUT2D eigenvalue weighted by Crippen LogP contribution is -2.35. The summed E-state index contributed by atoms with van der Waals surface area (Å²) in [5.41, 5.74) is 2.50. The lowest BCUT2D eigenvalue weighted by molar-refractivity contribution is 0.262. The molecule has 0 aliphatic carbocycles. The molecule has 4 rings (SSSR count). The number of aryl methyl sites for hydroxylation is 1. The van der Waals surface area contributed by atoms with Crippen LogP contribution in [0, 0.1) is 0 Å². The summed E-state index contributed by atoms with van der Waals surface area (Å²) in [7, 11) is -3.69. The van der Waals surface area contributed by atoms with Crippen LogP contribution in [0.25, 0.3) is 0 Å². The Morgan fingerprint density at radius 3 is 2.43 bits per heavy atom. The average molecular weight is 442 g/mol. The zero-order chi connectivity index (χ0) is 21.1. The van der Waals surface area contributed by atoms with Gasteiger partial charge in [-0.3, -0.25) is 4.31 Å². The third-order valence-corrected chi connectivity index (χ3v) is 7.03. The maximum Gasteiger partial charge on any atom is 0.323 e. The highest BCUT2D eigenvalue weighted by molar-refractivity contribution is 7.92. The molecule has 1 heterocycles. The van der Waals surface area contributed by atoms with E-state index in [-0.39, 0.29) is 4.90 Å². The number of hydrogen-bond acceptors (Lipinski definition) is 3. The number of nitrogens with one attached hydrogen (secondary N) is 2. The van der Waals surface area contributed by atoms with Gasteiger partial charge in [0.2, 0.25) is 0 Å². The Labute approximate surface area is 180 Å². The van der Waals surface area contributed by atoms with Crippen molar-refractivity contribution in [1.29, 1.82) is 0 Å². The predicted molar refractivity (Wildman–Crippen MR) is 120 cm³/mol. The zero-order valence-corrected chi connectivity index (χ0v) is 17.6. The Hall–Kier alpha value is -3.03. The summed E-state index contributed by atoms with van der Waals surface area (Å²) in [6, 6.07) is 20.1. The highest BCUT2D eigenvalue weighted by atomic mass is 35.5. The fraction of sp³-hybridized carbons (Fsp3) is 0.136. The van der Waals surface area contributed by atoms with Gasteiger partial charge < -0.3 is 10.6 Å². The van der Waals surface area contributed by atoms with Crippen molar-refractivity contribution in [3.63, 3.8) is 0 Å². The van der Waals surface area contributed by atoms with E-state index in [9.17, 15) is 13.2 Å². The summed E-state index contributed by atoms with van der Waals surface area (Å²) >= 11 is 6.08. The smallest absolute Gasteiger partial charge is 0.308 e. The molecule has 30 heavy (non-hydrogen) atoms. The van der Waals surface area contributed by atoms with Crippen molar-refractivity contribution in [2.75, 3.05) is 21.5 Å². The van der Waals surface area contributed by atoms with Gasteiger partial charge in [-0.1, -0.05) is 48.0 Å². The van der Waals surface area contributed by atoms with Gasteiger partial charge >= 0.3 is 6.03 Å². The van der Waals surface area contributed by atoms with Crippen LogP contribution >= 0.6 is 11.6 Å². The van der Waals surface area contributed by atoms with Crippen molar-refractivity contribution in [2.45, 2.75) is 17.7 Å². The minimum atomic E-state index is -3.69. The summed E-state index contributed by atoms with van der Waals surface area (Å²) in [6.45, 7) is 0.388. The number of para-hydroxylation sites is 1. The molecule has 0 saturated heterocycles. The fourth-order valence-corrected chi connectivity index (χ4v) is 5.17. The number of hydrogen-bond donors (Lipinski definition) is 2. The number of anilines is 3. The molecular weight excluding hydrogens is 422 g/mol. The van der Waals surface area contributed by atoms with E-state index in [1.165, 1.54) is 4.31 Å². The van der Waals surface area contributed by atoms with E-state index in [0.29, 0.717) is 28.6 Å². The highest BCUT2D eigenvalue weighted by Crippen LogP contribution is 2.34. The fourth-order valence-electron chi connectivity index (χ4n) is 3.44. The van der Waals surface area contributed by atoms with Crippen LogP contribution in [0.5, 0.6) is 0 Å². The molecule has 6 nitrogen and oxygen atoms in total. The first-order chi connectivity index (χ1) is 14.4. The molecule has 0 bridgehead atoms. The van der Waals surface area contributed by atoms with Gasteiger partial charge in [0, 0.05) is 12.2 Å². The van der Waals surface area contributed by atoms with Crippen LogP contribution in [0.4, 0.5) is 21.9 Å². The van der Waals surface area contributed by atoms with Gasteiger partial charge in [0.05, 0.1) is 21.3 Å². The van der Waals surface area contributed by atoms with E-state index in [0.717, 1.165) is 18.4 Å². The van der Waals surface area contributed by atoms with Crippen molar-refractivity contribution in [2.24, 2.45) is 0 Å². The van der Waals surface area contributed by atoms with E-state index >= 15 is 0 Å². The monoisotopic (exact) mass is 441 g/mol. The summed E-state index contributed by atoms with van der Waals surface area (Å²) in [5, 5.41) is 5.87. The Balaban J connectivity index is 1.60. The molecule has 3 aromatic carbocycles. The Morgan fingerprint density at radius 1 is 0.933 bits per heavy atom. The molecule has 0 radical (unpaired) electrons. The number of carbonyl (C=O) groups is 1. The summed E-state index contributed by atoms with van der Waals surface area (Å²) in [4.78, 5) is 12.6. The number of nitrogens with zero attached hydrogens (tertiary/aromatic N) is 1. The number of fused-ring (bicyclic) bond motifs is 1. The molecule has 2 amide bonds. The molecule has 8 heteroatoms. The van der Waals surface area contributed by atoms with Gasteiger partial charge in [-0.2, -0.15) is 0 Å². The first-order valence-corrected chi connectivity index (χ1v) is 11.3. The SMILES string of the molecule is O=C(Nc1ccc2c(c1)N(S(=O)(=O)c1ccccc1)CCC2)Nc1ccccc1Cl. The van der Waals surface area contributed by atoms with Crippen molar-refractivity contribution in [3.05, 3.63) is 83.4 Å². The Bertz CT molecular complexity index is 1180. The minimum absolute atomic E-state index is 0.243. The third-order valence-electron chi connectivity index (χ3n) is 4.87. The first-order valence-electron chi connectivity index (χ1n) is 9.48. The molecule has 0 atom stereocenters. The normalized spacial score (nSPS) is 13.4. The standard InChI is InChI=1S/C22H20ClN3O3S/c23-19-10-4-5-11-20(19)25-22(27)24-17-13-12-16-7-6-14-26(21(16)15-17)30(28,29)18-8-2-1-3-9-18/h1-5,8-13,15H,6-7,14H2,(H2,24,25,27). The number of urea groups is 1. The van der Waals surface area contributed by atoms with Gasteiger partial charge in [0.15, 0.2) is 0 Å². The number of sulfonamides is 1. The van der Waals surface area contributed by atoms with Crippen LogP contribution in [0.3, 0.4) is 0 Å². The molecule has 0 spiro atoms. The van der Waals surface area contributed by atoms with Crippen LogP contribution in [-0.2, 0) is 16.4 Å². The number of benzene rings is 3. The molecule has 0 aromatic heterocycles. The van der Waals surface area contributed by atoms with Crippen LogP contribution in [0.15, 0.2) is 77.7 Å². The largest absolute Gasteiger partial charge is 0.323 e. The summed E-state index contributed by atoms with van der Waals surface area (Å²) < 4.78 is 27.8. The maximum absolute atomic E-state index is 13.2. The maximum atomic E-state index is 13.2. The molecule has 2 N–H and O–H groups in total. The lowest BCUT2D eigenvalue weighted by Gasteiger charge is -2.31. The summed E-state index contributed by atoms with van der Waals surface area (Å²) in [5.74, 6) is 0. The topological polar surface area (TPSA) is 78.5 Å². The quantitative estimate of drug-likeness (QED) is 0.589. The summed E-state index contributed by atoms with van der Waals surface area (Å²) in [6.07, 6.45) is 1.51. The molecule has 1 aliphatic heterocycles. The highest BCUT2D eigenvalue weighted by Gasteiger charge is 2.29. The van der Waals surface area contributed by atoms with Crippen molar-refractivity contribution in [1.82, 2.24) is 0 Å². The molecule has 3 aromatic rings. The molecular formula is C22H20ClN3O3S. The van der Waals surface area contributed by atoms with E-state index in [1.807, 2.05) is 6.07 Å². The van der Waals surface area contributed by atoms with Crippen molar-refractivity contribution < 1.29 is 13.2 Å². The van der Waals surface area contributed by atoms with Gasteiger partial charge in [-0.15, -0.1) is 0 Å². The Morgan fingerprint density at radius 2 is 1.67 bits per heavy atom. The van der Waals surface area contributed by atoms with Crippen molar-refractivity contribution in [3.8, 4) is 0 Å². The number of amides is 2. The minimum Gasteiger partial charge on any atom is -0.308 e. The second-order valence-corrected chi connectivity index (χ2v) is 9.17. The van der Waals surface area contributed by atoms with Gasteiger partial charge in [0.1, 0.15) is 0 Å². The average Bonchev–Trinajstić information content (AvgIpc) is 2.75. The van der Waals surface area contributed by atoms with Crippen LogP contribution < -0.4 is 14.9 Å². The lowest BCUT2D eigenvalue weighted by atomic mass is 10.0. The van der Waals surface area contributed by atoms with Crippen LogP contribution in [-0.4, -0.2) is 21.0 Å². The van der Waals surface area contributed by atoms with Gasteiger partial charge in [0.25, 0.3) is 10.0 Å². The van der Waals surface area contributed by atoms with E-state index in [4.69, 9.17) is 11.6 Å². The number of halogens is 1. The third kappa shape index (κ3) is 4.13. The second kappa shape index (κ2) is 8.38. The molecule has 0 unspecified atom stereocenters. The molecule has 154 valence electrons. The molecule has 0 fully saturated rings. The van der Waals surface area contributed by atoms with Crippen LogP contribution in [0.2, 0.25) is 5.02 Å². The zero-order valence-electron chi connectivity index (χ0n) is 16.0. The molecule has 1 aliphatic rings. The second-order valence-electron chi connectivity index (χ2n) is 6.90. The predicted octanol–water partition coefficient (Wildman–Crippen LogP) is 5.13. The Kier molecular flexibility index (Phi) is 5.65.